The van der Waals surface area contributed by atoms with Crippen molar-refractivity contribution >= 4 is 33.2 Å². The van der Waals surface area contributed by atoms with E-state index in [0.29, 0.717) is 11.5 Å². The molecule has 0 fully saturated rings. The van der Waals surface area contributed by atoms with Crippen LogP contribution in [0.2, 0.25) is 10.0 Å². The lowest BCUT2D eigenvalue weighted by molar-refractivity contribution is 0.441. The van der Waals surface area contributed by atoms with Gasteiger partial charge in [-0.15, -0.1) is 0 Å². The van der Waals surface area contributed by atoms with E-state index in [1.807, 2.05) is 0 Å². The molecule has 4 nitrogen and oxygen atoms in total. The summed E-state index contributed by atoms with van der Waals surface area (Å²) < 4.78 is 32.6. The van der Waals surface area contributed by atoms with Gasteiger partial charge in [-0.2, -0.15) is 0 Å². The van der Waals surface area contributed by atoms with Crippen molar-refractivity contribution in [1.29, 1.82) is 0 Å². The zero-order valence-electron chi connectivity index (χ0n) is 10.9. The lowest BCUT2D eigenvalue weighted by atomic mass is 10.3. The number of hydrogen-bond acceptors (Lipinski definition) is 3. The highest BCUT2D eigenvalue weighted by atomic mass is 35.5. The van der Waals surface area contributed by atoms with E-state index in [2.05, 4.69) is 4.72 Å². The van der Waals surface area contributed by atoms with Crippen LogP contribution in [0.1, 0.15) is 24.5 Å². The largest absolute Gasteiger partial charge is 0.465 e. The number of halogens is 2. The van der Waals surface area contributed by atoms with E-state index < -0.39 is 16.1 Å². The van der Waals surface area contributed by atoms with Gasteiger partial charge in [-0.05, 0) is 38.1 Å². The van der Waals surface area contributed by atoms with Gasteiger partial charge in [0.1, 0.15) is 16.4 Å². The van der Waals surface area contributed by atoms with Gasteiger partial charge in [0, 0.05) is 0 Å². The van der Waals surface area contributed by atoms with Crippen LogP contribution in [0.3, 0.4) is 0 Å². The summed E-state index contributed by atoms with van der Waals surface area (Å²) in [5, 5.41) is 0.153. The van der Waals surface area contributed by atoms with Crippen molar-refractivity contribution in [2.45, 2.75) is 24.8 Å². The number of sulfonamides is 1. The van der Waals surface area contributed by atoms with E-state index in [9.17, 15) is 8.42 Å². The van der Waals surface area contributed by atoms with E-state index in [1.54, 1.807) is 32.0 Å². The first kappa shape index (κ1) is 15.4. The Morgan fingerprint density at radius 3 is 2.25 bits per heavy atom. The summed E-state index contributed by atoms with van der Waals surface area (Å²) in [5.74, 6) is 1.23. The van der Waals surface area contributed by atoms with Crippen molar-refractivity contribution in [3.05, 3.63) is 51.9 Å². The molecule has 0 amide bonds. The van der Waals surface area contributed by atoms with Crippen LogP contribution in [0.25, 0.3) is 0 Å². The molecule has 0 spiro atoms. The Morgan fingerprint density at radius 1 is 1.15 bits per heavy atom. The van der Waals surface area contributed by atoms with Gasteiger partial charge in [-0.25, -0.2) is 13.1 Å². The molecule has 0 radical (unpaired) electrons. The molecule has 2 rings (SSSR count). The van der Waals surface area contributed by atoms with Gasteiger partial charge < -0.3 is 4.42 Å². The SMILES string of the molecule is Cc1ccc(C(C)NS(=O)(=O)c2c(Cl)cccc2Cl)o1. The summed E-state index contributed by atoms with van der Waals surface area (Å²) in [5.41, 5.74) is 0. The first-order valence-electron chi connectivity index (χ1n) is 5.84. The molecule has 0 aliphatic carbocycles. The second-order valence-corrected chi connectivity index (χ2v) is 6.81. The summed E-state index contributed by atoms with van der Waals surface area (Å²) in [6.45, 7) is 3.47. The van der Waals surface area contributed by atoms with Crippen molar-refractivity contribution in [2.24, 2.45) is 0 Å². The molecular formula is C13H13Cl2NO3S. The fraction of sp³-hybridized carbons (Fsp3) is 0.231. The first-order valence-corrected chi connectivity index (χ1v) is 8.08. The maximum atomic E-state index is 12.3. The van der Waals surface area contributed by atoms with Gasteiger partial charge >= 0.3 is 0 Å². The van der Waals surface area contributed by atoms with Crippen LogP contribution in [-0.4, -0.2) is 8.42 Å². The fourth-order valence-corrected chi connectivity index (χ4v) is 4.13. The van der Waals surface area contributed by atoms with Gasteiger partial charge in [-0.3, -0.25) is 0 Å². The minimum Gasteiger partial charge on any atom is -0.465 e. The van der Waals surface area contributed by atoms with E-state index in [1.165, 1.54) is 12.1 Å². The average molecular weight is 334 g/mol. The highest BCUT2D eigenvalue weighted by molar-refractivity contribution is 7.89. The van der Waals surface area contributed by atoms with Crippen LogP contribution in [0.5, 0.6) is 0 Å². The van der Waals surface area contributed by atoms with E-state index in [0.717, 1.165) is 0 Å². The predicted molar refractivity (Wildman–Crippen MR) is 78.6 cm³/mol. The molecule has 1 aromatic heterocycles. The second kappa shape index (κ2) is 5.77. The van der Waals surface area contributed by atoms with Crippen LogP contribution in [0.15, 0.2) is 39.6 Å². The maximum absolute atomic E-state index is 12.3. The highest BCUT2D eigenvalue weighted by Crippen LogP contribution is 2.30. The molecule has 2 aromatic rings. The molecular weight excluding hydrogens is 321 g/mol. The molecule has 0 bridgehead atoms. The average Bonchev–Trinajstić information content (AvgIpc) is 2.74. The maximum Gasteiger partial charge on any atom is 0.244 e. The van der Waals surface area contributed by atoms with Crippen LogP contribution < -0.4 is 4.72 Å². The Balaban J connectivity index is 2.32. The Kier molecular flexibility index (Phi) is 4.44. The number of furan rings is 1. The lowest BCUT2D eigenvalue weighted by Gasteiger charge is -2.14. The zero-order valence-corrected chi connectivity index (χ0v) is 13.2. The standard InChI is InChI=1S/C13H13Cl2NO3S/c1-8-6-7-12(19-8)9(2)16-20(17,18)13-10(14)4-3-5-11(13)15/h3-7,9,16H,1-2H3. The molecule has 7 heteroatoms. The molecule has 1 aromatic carbocycles. The van der Waals surface area contributed by atoms with Crippen LogP contribution in [-0.2, 0) is 10.0 Å². The number of rotatable bonds is 4. The lowest BCUT2D eigenvalue weighted by Crippen LogP contribution is -2.27. The van der Waals surface area contributed by atoms with Gasteiger partial charge in [0.25, 0.3) is 0 Å². The molecule has 0 aliphatic heterocycles. The number of aryl methyl sites for hydroxylation is 1. The summed E-state index contributed by atoms with van der Waals surface area (Å²) in [6, 6.07) is 7.50. The molecule has 1 N–H and O–H groups in total. The summed E-state index contributed by atoms with van der Waals surface area (Å²) in [4.78, 5) is -0.126. The predicted octanol–water partition coefficient (Wildman–Crippen LogP) is 3.93. The van der Waals surface area contributed by atoms with Gasteiger partial charge in [0.15, 0.2) is 0 Å². The van der Waals surface area contributed by atoms with E-state index in [-0.39, 0.29) is 14.9 Å². The van der Waals surface area contributed by atoms with E-state index in [4.69, 9.17) is 27.6 Å². The van der Waals surface area contributed by atoms with Crippen LogP contribution in [0.4, 0.5) is 0 Å². The number of hydrogen-bond donors (Lipinski definition) is 1. The van der Waals surface area contributed by atoms with Crippen molar-refractivity contribution in [3.63, 3.8) is 0 Å². The van der Waals surface area contributed by atoms with Gasteiger partial charge in [0.05, 0.1) is 16.1 Å². The van der Waals surface area contributed by atoms with Crippen LogP contribution in [0, 0.1) is 6.92 Å². The highest BCUT2D eigenvalue weighted by Gasteiger charge is 2.25. The fourth-order valence-electron chi connectivity index (χ4n) is 1.78. The normalized spacial score (nSPS) is 13.4. The topological polar surface area (TPSA) is 59.3 Å². The minimum atomic E-state index is -3.83. The van der Waals surface area contributed by atoms with Crippen LogP contribution >= 0.6 is 23.2 Å². The van der Waals surface area contributed by atoms with Gasteiger partial charge in [0.2, 0.25) is 10.0 Å². The summed E-state index contributed by atoms with van der Waals surface area (Å²) in [6.07, 6.45) is 0. The quantitative estimate of drug-likeness (QED) is 0.921. The molecule has 108 valence electrons. The van der Waals surface area contributed by atoms with Crippen molar-refractivity contribution in [3.8, 4) is 0 Å². The summed E-state index contributed by atoms with van der Waals surface area (Å²) >= 11 is 11.8. The molecule has 1 atom stereocenters. The summed E-state index contributed by atoms with van der Waals surface area (Å²) in [7, 11) is -3.83. The smallest absolute Gasteiger partial charge is 0.244 e. The molecule has 0 saturated heterocycles. The molecule has 0 aliphatic rings. The Bertz CT molecular complexity index is 705. The second-order valence-electron chi connectivity index (χ2n) is 4.34. The number of benzene rings is 1. The van der Waals surface area contributed by atoms with Crippen molar-refractivity contribution < 1.29 is 12.8 Å². The molecule has 0 saturated carbocycles. The van der Waals surface area contributed by atoms with Gasteiger partial charge in [-0.1, -0.05) is 29.3 Å². The molecule has 20 heavy (non-hydrogen) atoms. The number of nitrogens with one attached hydrogen (secondary N) is 1. The monoisotopic (exact) mass is 333 g/mol. The Morgan fingerprint density at radius 2 is 1.75 bits per heavy atom. The van der Waals surface area contributed by atoms with Crippen molar-refractivity contribution in [1.82, 2.24) is 4.72 Å². The van der Waals surface area contributed by atoms with E-state index >= 15 is 0 Å². The molecule has 1 heterocycles. The third kappa shape index (κ3) is 3.17. The third-order valence-electron chi connectivity index (χ3n) is 2.71. The Hall–Kier alpha value is -1.01. The minimum absolute atomic E-state index is 0.0767. The Labute approximate surface area is 127 Å². The van der Waals surface area contributed by atoms with Crippen molar-refractivity contribution in [2.75, 3.05) is 0 Å². The first-order chi connectivity index (χ1) is 9.31. The zero-order chi connectivity index (χ0) is 14.9. The third-order valence-corrected chi connectivity index (χ3v) is 5.20. The molecule has 1 unspecified atom stereocenters.